The number of hydrogen-bond donors (Lipinski definition) is 1. The summed E-state index contributed by atoms with van der Waals surface area (Å²) in [6.45, 7) is 3.24. The van der Waals surface area contributed by atoms with Gasteiger partial charge in [-0.2, -0.15) is 0 Å². The van der Waals surface area contributed by atoms with Gasteiger partial charge >= 0.3 is 0 Å². The summed E-state index contributed by atoms with van der Waals surface area (Å²) < 4.78 is 5.48. The molecule has 0 bridgehead atoms. The lowest BCUT2D eigenvalue weighted by atomic mass is 10.1. The van der Waals surface area contributed by atoms with Crippen molar-refractivity contribution in [1.82, 2.24) is 10.2 Å². The topological polar surface area (TPSA) is 28.4 Å². The van der Waals surface area contributed by atoms with E-state index in [0.29, 0.717) is 12.1 Å². The van der Waals surface area contributed by atoms with Crippen molar-refractivity contribution in [1.29, 1.82) is 0 Å². The molecule has 0 aliphatic heterocycles. The lowest BCUT2D eigenvalue weighted by Gasteiger charge is -2.24. The van der Waals surface area contributed by atoms with Crippen molar-refractivity contribution < 1.29 is 4.42 Å². The Bertz CT molecular complexity index is 304. The fourth-order valence-corrected chi connectivity index (χ4v) is 2.08. The number of hydrogen-bond acceptors (Lipinski definition) is 3. The Kier molecular flexibility index (Phi) is 3.66. The Morgan fingerprint density at radius 2 is 2.25 bits per heavy atom. The van der Waals surface area contributed by atoms with E-state index in [1.165, 1.54) is 12.8 Å². The van der Waals surface area contributed by atoms with Crippen LogP contribution in [0.25, 0.3) is 0 Å². The van der Waals surface area contributed by atoms with Crippen molar-refractivity contribution >= 4 is 0 Å². The van der Waals surface area contributed by atoms with E-state index in [9.17, 15) is 0 Å². The fourth-order valence-electron chi connectivity index (χ4n) is 2.08. The van der Waals surface area contributed by atoms with Crippen molar-refractivity contribution in [2.45, 2.75) is 31.8 Å². The molecule has 0 saturated heterocycles. The molecule has 1 aliphatic rings. The van der Waals surface area contributed by atoms with Gasteiger partial charge in [-0.3, -0.25) is 4.90 Å². The molecule has 2 rings (SSSR count). The van der Waals surface area contributed by atoms with Crippen LogP contribution < -0.4 is 5.32 Å². The van der Waals surface area contributed by atoms with Crippen molar-refractivity contribution in [3.8, 4) is 0 Å². The summed E-state index contributed by atoms with van der Waals surface area (Å²) in [5.74, 6) is 1.94. The first kappa shape index (κ1) is 11.7. The lowest BCUT2D eigenvalue weighted by Crippen LogP contribution is -2.36. The van der Waals surface area contributed by atoms with Crippen LogP contribution in [0.3, 0.4) is 0 Å². The number of likely N-dealkylation sites (N-methyl/N-ethyl adjacent to an activating group) is 1. The van der Waals surface area contributed by atoms with E-state index < -0.39 is 0 Å². The van der Waals surface area contributed by atoms with Gasteiger partial charge in [-0.25, -0.2) is 0 Å². The summed E-state index contributed by atoms with van der Waals surface area (Å²) in [6, 6.07) is 4.97. The third kappa shape index (κ3) is 2.86. The highest BCUT2D eigenvalue weighted by Gasteiger charge is 2.28. The minimum atomic E-state index is 0.330. The average Bonchev–Trinajstić information content (AvgIpc) is 2.96. The molecule has 2 atom stereocenters. The second-order valence-electron chi connectivity index (χ2n) is 5.03. The van der Waals surface area contributed by atoms with Gasteiger partial charge in [0, 0.05) is 12.6 Å². The van der Waals surface area contributed by atoms with Gasteiger partial charge in [0.25, 0.3) is 0 Å². The standard InChI is InChI=1S/C13H22N2O/c1-10(11-6-7-11)14-9-12(15(2)3)13-5-4-8-16-13/h4-5,8,10-12,14H,6-7,9H2,1-3H3. The van der Waals surface area contributed by atoms with Crippen LogP contribution in [0.4, 0.5) is 0 Å². The van der Waals surface area contributed by atoms with Crippen LogP contribution in [0.5, 0.6) is 0 Å². The Morgan fingerprint density at radius 1 is 1.50 bits per heavy atom. The highest BCUT2D eigenvalue weighted by Crippen LogP contribution is 2.32. The Morgan fingerprint density at radius 3 is 2.75 bits per heavy atom. The zero-order chi connectivity index (χ0) is 11.5. The van der Waals surface area contributed by atoms with E-state index in [2.05, 4.69) is 31.2 Å². The third-order valence-corrected chi connectivity index (χ3v) is 3.46. The average molecular weight is 222 g/mol. The summed E-state index contributed by atoms with van der Waals surface area (Å²) in [7, 11) is 4.19. The van der Waals surface area contributed by atoms with Crippen molar-refractivity contribution in [3.63, 3.8) is 0 Å². The number of furan rings is 1. The SMILES string of the molecule is CC(NCC(c1ccco1)N(C)C)C1CC1. The van der Waals surface area contributed by atoms with Crippen molar-refractivity contribution in [2.24, 2.45) is 5.92 Å². The summed E-state index contributed by atoms with van der Waals surface area (Å²) in [6.07, 6.45) is 4.53. The van der Waals surface area contributed by atoms with E-state index in [-0.39, 0.29) is 0 Å². The van der Waals surface area contributed by atoms with Crippen LogP contribution in [0.15, 0.2) is 22.8 Å². The molecular formula is C13H22N2O. The fraction of sp³-hybridized carbons (Fsp3) is 0.692. The predicted octanol–water partition coefficient (Wildman–Crippen LogP) is 2.27. The van der Waals surface area contributed by atoms with Gasteiger partial charge in [-0.05, 0) is 51.9 Å². The smallest absolute Gasteiger partial charge is 0.122 e. The highest BCUT2D eigenvalue weighted by atomic mass is 16.3. The summed E-state index contributed by atoms with van der Waals surface area (Å²) >= 11 is 0. The van der Waals surface area contributed by atoms with Gasteiger partial charge in [0.05, 0.1) is 12.3 Å². The maximum Gasteiger partial charge on any atom is 0.122 e. The summed E-state index contributed by atoms with van der Waals surface area (Å²) in [5, 5.41) is 3.61. The first-order chi connectivity index (χ1) is 7.68. The molecule has 0 spiro atoms. The van der Waals surface area contributed by atoms with Crippen LogP contribution in [0.1, 0.15) is 31.6 Å². The monoisotopic (exact) mass is 222 g/mol. The second-order valence-corrected chi connectivity index (χ2v) is 5.03. The number of rotatable bonds is 6. The van der Waals surface area contributed by atoms with Gasteiger partial charge in [0.1, 0.15) is 5.76 Å². The molecule has 0 amide bonds. The van der Waals surface area contributed by atoms with E-state index >= 15 is 0 Å². The lowest BCUT2D eigenvalue weighted by molar-refractivity contribution is 0.242. The largest absolute Gasteiger partial charge is 0.468 e. The Labute approximate surface area is 97.8 Å². The molecule has 1 fully saturated rings. The quantitative estimate of drug-likeness (QED) is 0.800. The van der Waals surface area contributed by atoms with Gasteiger partial charge < -0.3 is 9.73 Å². The van der Waals surface area contributed by atoms with Gasteiger partial charge in [0.15, 0.2) is 0 Å². The molecule has 2 unspecified atom stereocenters. The molecule has 1 N–H and O–H groups in total. The molecule has 1 heterocycles. The molecule has 0 radical (unpaired) electrons. The van der Waals surface area contributed by atoms with E-state index in [0.717, 1.165) is 18.2 Å². The maximum absolute atomic E-state index is 5.48. The molecule has 16 heavy (non-hydrogen) atoms. The molecule has 0 aromatic carbocycles. The Hall–Kier alpha value is -0.800. The Balaban J connectivity index is 1.87. The first-order valence-corrected chi connectivity index (χ1v) is 6.11. The minimum Gasteiger partial charge on any atom is -0.468 e. The zero-order valence-electron chi connectivity index (χ0n) is 10.4. The second kappa shape index (κ2) is 5.02. The van der Waals surface area contributed by atoms with E-state index in [4.69, 9.17) is 4.42 Å². The van der Waals surface area contributed by atoms with Gasteiger partial charge in [-0.15, -0.1) is 0 Å². The molecule has 1 aromatic rings. The predicted molar refractivity (Wildman–Crippen MR) is 65.3 cm³/mol. The van der Waals surface area contributed by atoms with Crippen LogP contribution in [-0.4, -0.2) is 31.6 Å². The maximum atomic E-state index is 5.48. The zero-order valence-corrected chi connectivity index (χ0v) is 10.4. The van der Waals surface area contributed by atoms with Crippen molar-refractivity contribution in [2.75, 3.05) is 20.6 Å². The van der Waals surface area contributed by atoms with Crippen LogP contribution in [0.2, 0.25) is 0 Å². The molecular weight excluding hydrogens is 200 g/mol. The number of nitrogens with one attached hydrogen (secondary N) is 1. The minimum absolute atomic E-state index is 0.330. The van der Waals surface area contributed by atoms with Crippen LogP contribution >= 0.6 is 0 Å². The van der Waals surface area contributed by atoms with Crippen molar-refractivity contribution in [3.05, 3.63) is 24.2 Å². The summed E-state index contributed by atoms with van der Waals surface area (Å²) in [5.41, 5.74) is 0. The molecule has 3 nitrogen and oxygen atoms in total. The highest BCUT2D eigenvalue weighted by molar-refractivity contribution is 5.05. The molecule has 90 valence electrons. The number of nitrogens with zero attached hydrogens (tertiary/aromatic N) is 1. The molecule has 1 saturated carbocycles. The van der Waals surface area contributed by atoms with Crippen LogP contribution in [-0.2, 0) is 0 Å². The van der Waals surface area contributed by atoms with E-state index in [1.54, 1.807) is 6.26 Å². The van der Waals surface area contributed by atoms with Gasteiger partial charge in [-0.1, -0.05) is 0 Å². The van der Waals surface area contributed by atoms with Gasteiger partial charge in [0.2, 0.25) is 0 Å². The molecule has 1 aromatic heterocycles. The molecule has 1 aliphatic carbocycles. The first-order valence-electron chi connectivity index (χ1n) is 6.11. The van der Waals surface area contributed by atoms with Crippen LogP contribution in [0, 0.1) is 5.92 Å². The molecule has 3 heteroatoms. The third-order valence-electron chi connectivity index (χ3n) is 3.46. The normalized spacial score (nSPS) is 20.0. The summed E-state index contributed by atoms with van der Waals surface area (Å²) in [4.78, 5) is 2.20. The van der Waals surface area contributed by atoms with E-state index in [1.807, 2.05) is 12.1 Å².